The van der Waals surface area contributed by atoms with Gasteiger partial charge in [-0.2, -0.15) is 0 Å². The second kappa shape index (κ2) is 6.24. The van der Waals surface area contributed by atoms with Crippen LogP contribution in [0.15, 0.2) is 77.6 Å². The molecular weight excluding hydrogens is 312 g/mol. The first-order valence-electron chi connectivity index (χ1n) is 8.04. The van der Waals surface area contributed by atoms with E-state index in [9.17, 15) is 4.79 Å². The zero-order chi connectivity index (χ0) is 17.2. The first kappa shape index (κ1) is 15.1. The molecule has 25 heavy (non-hydrogen) atoms. The largest absolute Gasteiger partial charge is 0.457 e. The Kier molecular flexibility index (Phi) is 3.78. The average molecular weight is 328 g/mol. The first-order chi connectivity index (χ1) is 12.2. The summed E-state index contributed by atoms with van der Waals surface area (Å²) in [5.74, 6) is 1.87. The maximum atomic E-state index is 12.3. The van der Waals surface area contributed by atoms with E-state index < -0.39 is 0 Å². The number of ether oxygens (including phenoxy) is 1. The molecule has 1 N–H and O–H groups in total. The molecule has 122 valence electrons. The molecule has 0 aliphatic rings. The van der Waals surface area contributed by atoms with Crippen LogP contribution in [0.4, 0.5) is 0 Å². The molecule has 0 atom stereocenters. The van der Waals surface area contributed by atoms with Crippen molar-refractivity contribution < 1.29 is 4.74 Å². The van der Waals surface area contributed by atoms with Crippen molar-refractivity contribution in [2.75, 3.05) is 0 Å². The molecule has 0 amide bonds. The lowest BCUT2D eigenvalue weighted by molar-refractivity contribution is 0.484. The van der Waals surface area contributed by atoms with Gasteiger partial charge in [0, 0.05) is 0 Å². The number of benzene rings is 3. The predicted octanol–water partition coefficient (Wildman–Crippen LogP) is 4.69. The molecule has 0 aliphatic heterocycles. The molecule has 0 unspecified atom stereocenters. The van der Waals surface area contributed by atoms with Crippen molar-refractivity contribution in [3.05, 3.63) is 88.7 Å². The minimum absolute atomic E-state index is 0.161. The number of hydrogen-bond acceptors (Lipinski definition) is 3. The van der Waals surface area contributed by atoms with Crippen molar-refractivity contribution >= 4 is 10.9 Å². The molecule has 4 rings (SSSR count). The summed E-state index contributed by atoms with van der Waals surface area (Å²) in [5, 5.41) is 0.572. The van der Waals surface area contributed by atoms with Gasteiger partial charge in [-0.25, -0.2) is 4.98 Å². The third kappa shape index (κ3) is 3.02. The van der Waals surface area contributed by atoms with Crippen LogP contribution >= 0.6 is 0 Å². The number of H-pyrrole nitrogens is 1. The molecule has 0 spiro atoms. The van der Waals surface area contributed by atoms with E-state index in [1.165, 1.54) is 5.56 Å². The van der Waals surface area contributed by atoms with Crippen LogP contribution < -0.4 is 10.3 Å². The maximum absolute atomic E-state index is 12.3. The summed E-state index contributed by atoms with van der Waals surface area (Å²) in [6.07, 6.45) is 0. The summed E-state index contributed by atoms with van der Waals surface area (Å²) in [7, 11) is 0. The monoisotopic (exact) mass is 328 g/mol. The fourth-order valence-corrected chi connectivity index (χ4v) is 2.70. The number of aryl methyl sites for hydroxylation is 1. The Balaban J connectivity index is 1.81. The van der Waals surface area contributed by atoms with Gasteiger partial charge in [-0.15, -0.1) is 0 Å². The summed E-state index contributed by atoms with van der Waals surface area (Å²) < 4.78 is 6.01. The van der Waals surface area contributed by atoms with Crippen LogP contribution in [0.2, 0.25) is 0 Å². The Morgan fingerprint density at radius 1 is 0.880 bits per heavy atom. The van der Waals surface area contributed by atoms with Gasteiger partial charge < -0.3 is 9.72 Å². The minimum atomic E-state index is -0.161. The van der Waals surface area contributed by atoms with Crippen molar-refractivity contribution in [3.8, 4) is 22.9 Å². The van der Waals surface area contributed by atoms with E-state index in [2.05, 4.69) is 9.97 Å². The van der Waals surface area contributed by atoms with E-state index in [-0.39, 0.29) is 5.56 Å². The van der Waals surface area contributed by atoms with Gasteiger partial charge in [0.15, 0.2) is 0 Å². The molecule has 0 bridgehead atoms. The maximum Gasteiger partial charge on any atom is 0.259 e. The summed E-state index contributed by atoms with van der Waals surface area (Å²) in [5.41, 5.74) is 2.41. The number of rotatable bonds is 3. The quantitative estimate of drug-likeness (QED) is 0.593. The van der Waals surface area contributed by atoms with Crippen LogP contribution in [-0.2, 0) is 0 Å². The lowest BCUT2D eigenvalue weighted by Gasteiger charge is -2.11. The summed E-state index contributed by atoms with van der Waals surface area (Å²) >= 11 is 0. The smallest absolute Gasteiger partial charge is 0.259 e. The first-order valence-corrected chi connectivity index (χ1v) is 8.04. The van der Waals surface area contributed by atoms with E-state index in [1.807, 2.05) is 73.7 Å². The fourth-order valence-electron chi connectivity index (χ4n) is 2.70. The van der Waals surface area contributed by atoms with Gasteiger partial charge in [-0.05, 0) is 43.3 Å². The highest BCUT2D eigenvalue weighted by molar-refractivity contribution is 5.80. The molecule has 0 aliphatic carbocycles. The van der Waals surface area contributed by atoms with Crippen molar-refractivity contribution in [3.63, 3.8) is 0 Å². The van der Waals surface area contributed by atoms with Crippen molar-refractivity contribution in [2.45, 2.75) is 6.92 Å². The van der Waals surface area contributed by atoms with E-state index in [4.69, 9.17) is 4.74 Å². The molecule has 0 saturated heterocycles. The molecule has 4 heteroatoms. The molecule has 4 aromatic rings. The Labute approximate surface area is 144 Å². The molecule has 1 heterocycles. The highest BCUT2D eigenvalue weighted by Gasteiger charge is 2.11. The molecule has 0 saturated carbocycles. The number of nitrogens with one attached hydrogen (secondary N) is 1. The van der Waals surface area contributed by atoms with Gasteiger partial charge in [0.25, 0.3) is 5.56 Å². The Bertz CT molecular complexity index is 1100. The number of para-hydroxylation sites is 2. The van der Waals surface area contributed by atoms with Gasteiger partial charge in [-0.1, -0.05) is 42.0 Å². The standard InChI is InChI=1S/C21H16N2O2/c1-14-10-12-15(13-11-14)25-19-9-5-3-7-17(19)20-22-18-8-4-2-6-16(18)21(24)23-20/h2-13H,1H3,(H,22,23,24). The van der Waals surface area contributed by atoms with E-state index in [1.54, 1.807) is 6.07 Å². The van der Waals surface area contributed by atoms with Gasteiger partial charge >= 0.3 is 0 Å². The zero-order valence-electron chi connectivity index (χ0n) is 13.7. The lowest BCUT2D eigenvalue weighted by atomic mass is 10.1. The Hall–Kier alpha value is -3.40. The number of aromatic amines is 1. The van der Waals surface area contributed by atoms with Crippen molar-refractivity contribution in [2.24, 2.45) is 0 Å². The molecule has 0 fully saturated rings. The second-order valence-electron chi connectivity index (χ2n) is 5.84. The minimum Gasteiger partial charge on any atom is -0.457 e. The summed E-state index contributed by atoms with van der Waals surface area (Å²) in [6.45, 7) is 2.03. The van der Waals surface area contributed by atoms with Crippen LogP contribution in [0.5, 0.6) is 11.5 Å². The lowest BCUT2D eigenvalue weighted by Crippen LogP contribution is -2.09. The van der Waals surface area contributed by atoms with Crippen LogP contribution in [0, 0.1) is 6.92 Å². The summed E-state index contributed by atoms with van der Waals surface area (Å²) in [6, 6.07) is 22.7. The van der Waals surface area contributed by atoms with Gasteiger partial charge in [0.2, 0.25) is 0 Å². The second-order valence-corrected chi connectivity index (χ2v) is 5.84. The normalized spacial score (nSPS) is 10.8. The molecule has 0 radical (unpaired) electrons. The number of nitrogens with zero attached hydrogens (tertiary/aromatic N) is 1. The van der Waals surface area contributed by atoms with Crippen LogP contribution in [0.3, 0.4) is 0 Å². The third-order valence-electron chi connectivity index (χ3n) is 4.00. The molecule has 3 aromatic carbocycles. The number of hydrogen-bond donors (Lipinski definition) is 1. The number of aromatic nitrogens is 2. The molecule has 1 aromatic heterocycles. The average Bonchev–Trinajstić information content (AvgIpc) is 2.64. The van der Waals surface area contributed by atoms with Crippen molar-refractivity contribution in [1.82, 2.24) is 9.97 Å². The topological polar surface area (TPSA) is 55.0 Å². The Morgan fingerprint density at radius 2 is 1.60 bits per heavy atom. The zero-order valence-corrected chi connectivity index (χ0v) is 13.7. The molecule has 4 nitrogen and oxygen atoms in total. The van der Waals surface area contributed by atoms with Crippen LogP contribution in [0.25, 0.3) is 22.3 Å². The summed E-state index contributed by atoms with van der Waals surface area (Å²) in [4.78, 5) is 19.8. The third-order valence-corrected chi connectivity index (χ3v) is 4.00. The highest BCUT2D eigenvalue weighted by Crippen LogP contribution is 2.31. The van der Waals surface area contributed by atoms with Gasteiger partial charge in [-0.3, -0.25) is 4.79 Å². The van der Waals surface area contributed by atoms with Gasteiger partial charge in [0.1, 0.15) is 17.3 Å². The fraction of sp³-hybridized carbons (Fsp3) is 0.0476. The van der Waals surface area contributed by atoms with Crippen molar-refractivity contribution in [1.29, 1.82) is 0 Å². The SMILES string of the molecule is Cc1ccc(Oc2ccccc2-c2nc3ccccc3c(=O)[nH]2)cc1. The van der Waals surface area contributed by atoms with Crippen LogP contribution in [0.1, 0.15) is 5.56 Å². The van der Waals surface area contributed by atoms with Gasteiger partial charge in [0.05, 0.1) is 16.5 Å². The highest BCUT2D eigenvalue weighted by atomic mass is 16.5. The Morgan fingerprint density at radius 3 is 2.44 bits per heavy atom. The predicted molar refractivity (Wildman–Crippen MR) is 99.1 cm³/mol. The molecular formula is C21H16N2O2. The van der Waals surface area contributed by atoms with E-state index in [0.717, 1.165) is 11.3 Å². The van der Waals surface area contributed by atoms with E-state index >= 15 is 0 Å². The van der Waals surface area contributed by atoms with E-state index in [0.29, 0.717) is 22.5 Å². The van der Waals surface area contributed by atoms with Crippen LogP contribution in [-0.4, -0.2) is 9.97 Å². The number of fused-ring (bicyclic) bond motifs is 1.